The summed E-state index contributed by atoms with van der Waals surface area (Å²) in [4.78, 5) is 16.6. The largest absolute Gasteiger partial charge is 0.494 e. The summed E-state index contributed by atoms with van der Waals surface area (Å²) in [7, 11) is 0. The van der Waals surface area contributed by atoms with Crippen LogP contribution in [0.3, 0.4) is 0 Å². The van der Waals surface area contributed by atoms with Gasteiger partial charge in [-0.15, -0.1) is 0 Å². The molecule has 2 aromatic rings. The molecule has 0 aromatic heterocycles. The molecule has 3 rings (SSSR count). The van der Waals surface area contributed by atoms with E-state index in [1.165, 1.54) is 5.69 Å². The molecule has 0 N–H and O–H groups in total. The number of hydrogen-bond donors (Lipinski definition) is 0. The molecule has 27 heavy (non-hydrogen) atoms. The van der Waals surface area contributed by atoms with E-state index < -0.39 is 0 Å². The summed E-state index contributed by atoms with van der Waals surface area (Å²) in [5.41, 5.74) is 2.09. The molecule has 144 valence electrons. The molecule has 0 radical (unpaired) electrons. The third-order valence-corrected chi connectivity index (χ3v) is 5.13. The minimum atomic E-state index is 0.175. The van der Waals surface area contributed by atoms with Gasteiger partial charge < -0.3 is 9.64 Å². The third-order valence-electron chi connectivity index (χ3n) is 5.13. The number of para-hydroxylation sites is 1. The van der Waals surface area contributed by atoms with Crippen LogP contribution in [0.2, 0.25) is 0 Å². The van der Waals surface area contributed by atoms with Gasteiger partial charge in [-0.05, 0) is 55.8 Å². The summed E-state index contributed by atoms with van der Waals surface area (Å²) in [6.45, 7) is 8.20. The van der Waals surface area contributed by atoms with Crippen LogP contribution in [0.4, 0.5) is 5.69 Å². The summed E-state index contributed by atoms with van der Waals surface area (Å²) in [6, 6.07) is 18.2. The van der Waals surface area contributed by atoms with Crippen LogP contribution in [-0.4, -0.2) is 50.0 Å². The first-order chi connectivity index (χ1) is 13.3. The van der Waals surface area contributed by atoms with Crippen LogP contribution in [-0.2, 0) is 0 Å². The van der Waals surface area contributed by atoms with E-state index in [0.717, 1.165) is 63.5 Å². The Morgan fingerprint density at radius 3 is 2.30 bits per heavy atom. The zero-order chi connectivity index (χ0) is 18.9. The maximum atomic E-state index is 11.6. The van der Waals surface area contributed by atoms with Crippen molar-refractivity contribution in [2.24, 2.45) is 0 Å². The molecule has 1 saturated heterocycles. The standard InChI is InChI=1S/C23H30N2O2/c1-2-23(26)20-10-12-22(13-11-20)27-19-7-6-14-24-15-17-25(18-16-24)21-8-4-3-5-9-21/h3-5,8-13H,2,6-7,14-19H2,1H3. The van der Waals surface area contributed by atoms with Crippen molar-refractivity contribution in [1.29, 1.82) is 0 Å². The first-order valence-corrected chi connectivity index (χ1v) is 10.0. The topological polar surface area (TPSA) is 32.8 Å². The lowest BCUT2D eigenvalue weighted by Crippen LogP contribution is -2.46. The fraction of sp³-hybridized carbons (Fsp3) is 0.435. The Balaban J connectivity index is 1.29. The average molecular weight is 367 g/mol. The normalized spacial score (nSPS) is 14.9. The minimum absolute atomic E-state index is 0.175. The van der Waals surface area contributed by atoms with Crippen LogP contribution >= 0.6 is 0 Å². The van der Waals surface area contributed by atoms with Gasteiger partial charge in [-0.3, -0.25) is 9.69 Å². The predicted octanol–water partition coefficient (Wildman–Crippen LogP) is 4.26. The summed E-state index contributed by atoms with van der Waals surface area (Å²) in [5.74, 6) is 1.02. The number of carbonyl (C=O) groups excluding carboxylic acids is 1. The summed E-state index contributed by atoms with van der Waals surface area (Å²) >= 11 is 0. The van der Waals surface area contributed by atoms with Gasteiger partial charge in [-0.25, -0.2) is 0 Å². The second kappa shape index (κ2) is 10.1. The van der Waals surface area contributed by atoms with Crippen molar-refractivity contribution in [2.45, 2.75) is 26.2 Å². The number of ketones is 1. The molecule has 1 aliphatic heterocycles. The molecular formula is C23H30N2O2. The molecule has 4 heteroatoms. The van der Waals surface area contributed by atoms with Gasteiger partial charge >= 0.3 is 0 Å². The molecule has 0 bridgehead atoms. The molecule has 4 nitrogen and oxygen atoms in total. The molecule has 1 fully saturated rings. The number of rotatable bonds is 9. The lowest BCUT2D eigenvalue weighted by molar-refractivity contribution is 0.0988. The molecule has 0 atom stereocenters. The fourth-order valence-electron chi connectivity index (χ4n) is 3.44. The van der Waals surface area contributed by atoms with Gasteiger partial charge in [0.25, 0.3) is 0 Å². The van der Waals surface area contributed by atoms with E-state index in [9.17, 15) is 4.79 Å². The lowest BCUT2D eigenvalue weighted by Gasteiger charge is -2.36. The zero-order valence-electron chi connectivity index (χ0n) is 16.3. The Morgan fingerprint density at radius 2 is 1.63 bits per heavy atom. The molecule has 1 heterocycles. The quantitative estimate of drug-likeness (QED) is 0.490. The van der Waals surface area contributed by atoms with Gasteiger partial charge in [-0.1, -0.05) is 25.1 Å². The van der Waals surface area contributed by atoms with Crippen LogP contribution in [0.5, 0.6) is 5.75 Å². The highest BCUT2D eigenvalue weighted by molar-refractivity contribution is 5.95. The number of piperazine rings is 1. The average Bonchev–Trinajstić information content (AvgIpc) is 2.74. The molecule has 0 saturated carbocycles. The second-order valence-corrected chi connectivity index (χ2v) is 7.02. The van der Waals surface area contributed by atoms with Gasteiger partial charge in [0.15, 0.2) is 5.78 Å². The van der Waals surface area contributed by atoms with Gasteiger partial charge in [0, 0.05) is 43.9 Å². The number of benzene rings is 2. The first kappa shape index (κ1) is 19.4. The predicted molar refractivity (Wildman–Crippen MR) is 111 cm³/mol. The molecule has 1 aliphatic rings. The van der Waals surface area contributed by atoms with E-state index in [0.29, 0.717) is 6.42 Å². The number of anilines is 1. The number of ether oxygens (including phenoxy) is 1. The van der Waals surface area contributed by atoms with E-state index in [1.807, 2.05) is 31.2 Å². The summed E-state index contributed by atoms with van der Waals surface area (Å²) in [6.07, 6.45) is 2.74. The van der Waals surface area contributed by atoms with Crippen molar-refractivity contribution < 1.29 is 9.53 Å². The van der Waals surface area contributed by atoms with Gasteiger partial charge in [0.2, 0.25) is 0 Å². The van der Waals surface area contributed by atoms with E-state index in [1.54, 1.807) is 0 Å². The van der Waals surface area contributed by atoms with Gasteiger partial charge in [-0.2, -0.15) is 0 Å². The molecular weight excluding hydrogens is 336 g/mol. The maximum absolute atomic E-state index is 11.6. The van der Waals surface area contributed by atoms with E-state index >= 15 is 0 Å². The zero-order valence-corrected chi connectivity index (χ0v) is 16.3. The number of unbranched alkanes of at least 4 members (excludes halogenated alkanes) is 1. The summed E-state index contributed by atoms with van der Waals surface area (Å²) < 4.78 is 5.80. The highest BCUT2D eigenvalue weighted by atomic mass is 16.5. The Bertz CT molecular complexity index is 692. The van der Waals surface area contributed by atoms with Crippen LogP contribution in [0.1, 0.15) is 36.5 Å². The Hall–Kier alpha value is -2.33. The van der Waals surface area contributed by atoms with Crippen molar-refractivity contribution >= 4 is 11.5 Å². The fourth-order valence-corrected chi connectivity index (χ4v) is 3.44. The highest BCUT2D eigenvalue weighted by Gasteiger charge is 2.16. The number of nitrogens with zero attached hydrogens (tertiary/aromatic N) is 2. The molecule has 0 aliphatic carbocycles. The monoisotopic (exact) mass is 366 g/mol. The molecule has 0 unspecified atom stereocenters. The van der Waals surface area contributed by atoms with Crippen molar-refractivity contribution in [2.75, 3.05) is 44.2 Å². The molecule has 0 spiro atoms. The van der Waals surface area contributed by atoms with Crippen molar-refractivity contribution in [3.05, 3.63) is 60.2 Å². The van der Waals surface area contributed by atoms with Crippen LogP contribution in [0.25, 0.3) is 0 Å². The molecule has 2 aromatic carbocycles. The van der Waals surface area contributed by atoms with E-state index in [-0.39, 0.29) is 5.78 Å². The highest BCUT2D eigenvalue weighted by Crippen LogP contribution is 2.16. The van der Waals surface area contributed by atoms with Crippen molar-refractivity contribution in [3.63, 3.8) is 0 Å². The molecule has 0 amide bonds. The van der Waals surface area contributed by atoms with Crippen LogP contribution in [0, 0.1) is 0 Å². The number of Topliss-reactive ketones (excluding diaryl/α,β-unsaturated/α-hetero) is 1. The Labute approximate surface area is 162 Å². The van der Waals surface area contributed by atoms with Gasteiger partial charge in [0.05, 0.1) is 6.61 Å². The van der Waals surface area contributed by atoms with E-state index in [2.05, 4.69) is 40.1 Å². The number of hydrogen-bond acceptors (Lipinski definition) is 4. The smallest absolute Gasteiger partial charge is 0.162 e. The van der Waals surface area contributed by atoms with Crippen molar-refractivity contribution in [3.8, 4) is 5.75 Å². The Kier molecular flexibility index (Phi) is 7.28. The third kappa shape index (κ3) is 5.83. The SMILES string of the molecule is CCC(=O)c1ccc(OCCCCN2CCN(c3ccccc3)CC2)cc1. The van der Waals surface area contributed by atoms with Crippen LogP contribution in [0.15, 0.2) is 54.6 Å². The maximum Gasteiger partial charge on any atom is 0.162 e. The lowest BCUT2D eigenvalue weighted by atomic mass is 10.1. The summed E-state index contributed by atoms with van der Waals surface area (Å²) in [5, 5.41) is 0. The second-order valence-electron chi connectivity index (χ2n) is 7.02. The van der Waals surface area contributed by atoms with Gasteiger partial charge in [0.1, 0.15) is 5.75 Å². The van der Waals surface area contributed by atoms with E-state index in [4.69, 9.17) is 4.74 Å². The van der Waals surface area contributed by atoms with Crippen molar-refractivity contribution in [1.82, 2.24) is 4.90 Å². The first-order valence-electron chi connectivity index (χ1n) is 10.0. The Morgan fingerprint density at radius 1 is 0.926 bits per heavy atom. The van der Waals surface area contributed by atoms with Crippen LogP contribution < -0.4 is 9.64 Å². The minimum Gasteiger partial charge on any atom is -0.494 e. The number of carbonyl (C=O) groups is 1.